The molecule has 0 amide bonds. The zero-order chi connectivity index (χ0) is 25.4. The number of fused-ring (bicyclic) bond motifs is 1. The number of methoxy groups -OCH3 is 1. The molecule has 0 aromatic rings. The van der Waals surface area contributed by atoms with Gasteiger partial charge in [0.05, 0.1) is 17.8 Å². The zero-order valence-electron chi connectivity index (χ0n) is 22.6. The van der Waals surface area contributed by atoms with Gasteiger partial charge in [0.1, 0.15) is 0 Å². The Labute approximate surface area is 213 Å². The van der Waals surface area contributed by atoms with Gasteiger partial charge >= 0.3 is 0 Å². The topological polar surface area (TPSA) is 58.9 Å². The summed E-state index contributed by atoms with van der Waals surface area (Å²) in [6.07, 6.45) is 17.5. The quantitative estimate of drug-likeness (QED) is 0.438. The van der Waals surface area contributed by atoms with Crippen LogP contribution in [-0.4, -0.2) is 41.4 Å². The summed E-state index contributed by atoms with van der Waals surface area (Å²) >= 11 is 0. The third-order valence-electron chi connectivity index (χ3n) is 9.89. The van der Waals surface area contributed by atoms with Crippen molar-refractivity contribution in [3.8, 4) is 0 Å². The lowest BCUT2D eigenvalue weighted by Gasteiger charge is -2.44. The van der Waals surface area contributed by atoms with Crippen LogP contribution in [0.2, 0.25) is 0 Å². The highest BCUT2D eigenvalue weighted by Crippen LogP contribution is 2.59. The highest BCUT2D eigenvalue weighted by molar-refractivity contribution is 5.38. The van der Waals surface area contributed by atoms with E-state index in [0.29, 0.717) is 41.9 Å². The molecule has 1 heterocycles. The van der Waals surface area contributed by atoms with Crippen LogP contribution in [0.1, 0.15) is 85.5 Å². The van der Waals surface area contributed by atoms with Crippen LogP contribution in [-0.2, 0) is 9.47 Å². The van der Waals surface area contributed by atoms with Gasteiger partial charge in [0.2, 0.25) is 0 Å². The number of aliphatic hydroxyl groups is 2. The van der Waals surface area contributed by atoms with Crippen molar-refractivity contribution in [1.82, 2.24) is 0 Å². The van der Waals surface area contributed by atoms with Gasteiger partial charge in [-0.2, -0.15) is 0 Å². The van der Waals surface area contributed by atoms with E-state index in [1.165, 1.54) is 25.7 Å². The monoisotopic (exact) mass is 484 g/mol. The van der Waals surface area contributed by atoms with E-state index in [9.17, 15) is 10.2 Å². The molecular formula is C31H48O4. The van der Waals surface area contributed by atoms with Crippen LogP contribution in [0.4, 0.5) is 0 Å². The molecule has 0 aromatic carbocycles. The van der Waals surface area contributed by atoms with E-state index in [2.05, 4.69) is 58.6 Å². The Morgan fingerprint density at radius 1 is 1.11 bits per heavy atom. The van der Waals surface area contributed by atoms with Gasteiger partial charge in [0.25, 0.3) is 0 Å². The predicted octanol–water partition coefficient (Wildman–Crippen LogP) is 6.50. The van der Waals surface area contributed by atoms with Crippen LogP contribution in [0.5, 0.6) is 0 Å². The minimum atomic E-state index is -0.622. The maximum Gasteiger partial charge on any atom is 0.157 e. The van der Waals surface area contributed by atoms with Crippen molar-refractivity contribution in [3.05, 3.63) is 47.6 Å². The van der Waals surface area contributed by atoms with Gasteiger partial charge in [-0.15, -0.1) is 0 Å². The summed E-state index contributed by atoms with van der Waals surface area (Å²) in [7, 11) is 1.73. The average molecular weight is 485 g/mol. The molecule has 3 saturated carbocycles. The van der Waals surface area contributed by atoms with E-state index in [4.69, 9.17) is 9.47 Å². The van der Waals surface area contributed by atoms with Crippen molar-refractivity contribution < 1.29 is 19.7 Å². The van der Waals surface area contributed by atoms with Crippen molar-refractivity contribution in [2.24, 2.45) is 29.1 Å². The molecule has 196 valence electrons. The number of allylic oxidation sites excluding steroid dienone is 4. The summed E-state index contributed by atoms with van der Waals surface area (Å²) in [5.74, 6) is 2.27. The van der Waals surface area contributed by atoms with Crippen molar-refractivity contribution in [2.75, 3.05) is 7.11 Å². The van der Waals surface area contributed by atoms with Crippen molar-refractivity contribution in [2.45, 2.75) is 110 Å². The predicted molar refractivity (Wildman–Crippen MR) is 142 cm³/mol. The van der Waals surface area contributed by atoms with Crippen molar-refractivity contribution >= 4 is 0 Å². The minimum absolute atomic E-state index is 0.0821. The molecule has 0 aromatic heterocycles. The molecule has 1 aliphatic heterocycles. The number of ether oxygens (including phenoxy) is 2. The molecule has 0 spiro atoms. The molecule has 4 nitrogen and oxygen atoms in total. The lowest BCUT2D eigenvalue weighted by Crippen LogP contribution is -2.43. The van der Waals surface area contributed by atoms with Crippen molar-refractivity contribution in [1.29, 1.82) is 0 Å². The van der Waals surface area contributed by atoms with E-state index in [1.54, 1.807) is 12.7 Å². The molecule has 4 aliphatic rings. The molecular weight excluding hydrogens is 436 g/mol. The number of rotatable bonds is 5. The van der Waals surface area contributed by atoms with Crippen LogP contribution in [0, 0.1) is 29.1 Å². The lowest BCUT2D eigenvalue weighted by molar-refractivity contribution is -0.227. The van der Waals surface area contributed by atoms with Gasteiger partial charge in [-0.3, -0.25) is 0 Å². The Balaban J connectivity index is 1.46. The highest BCUT2D eigenvalue weighted by atomic mass is 16.7. The summed E-state index contributed by atoms with van der Waals surface area (Å²) in [4.78, 5) is 0. The number of hydrogen-bond donors (Lipinski definition) is 2. The first-order chi connectivity index (χ1) is 16.5. The Bertz CT molecular complexity index is 867. The number of aliphatic hydroxyl groups excluding tert-OH is 2. The molecule has 3 aliphatic carbocycles. The lowest BCUT2D eigenvalue weighted by atomic mass is 9.61. The van der Waals surface area contributed by atoms with Crippen LogP contribution in [0.25, 0.3) is 0 Å². The summed E-state index contributed by atoms with van der Waals surface area (Å²) < 4.78 is 11.6. The van der Waals surface area contributed by atoms with Gasteiger partial charge in [-0.25, -0.2) is 0 Å². The second-order valence-corrected chi connectivity index (χ2v) is 12.5. The number of hydrogen-bond acceptors (Lipinski definition) is 4. The molecule has 4 fully saturated rings. The first-order valence-electron chi connectivity index (χ1n) is 13.9. The maximum absolute atomic E-state index is 10.2. The fourth-order valence-electron chi connectivity index (χ4n) is 7.69. The van der Waals surface area contributed by atoms with E-state index >= 15 is 0 Å². The standard InChI is InChI=1S/C31H48O4/c1-20(9-12-24-13-16-29(34-6)35-30(24,3)4)26-14-15-27-22(8-7-17-31(26,27)5)10-11-23-18-25(32)19-28(33)21(23)2/h9-12,20,24-29,32-33H,2,7-8,13-19H2,1,3-6H3/b12-9+,22-10+,23-11-/t20-,24-,25-,26-,27+,28+,29?,31-/m1/s1. The fourth-order valence-corrected chi connectivity index (χ4v) is 7.69. The summed E-state index contributed by atoms with van der Waals surface area (Å²) in [6, 6.07) is 0. The van der Waals surface area contributed by atoms with Crippen LogP contribution < -0.4 is 0 Å². The molecule has 1 unspecified atom stereocenters. The Kier molecular flexibility index (Phi) is 8.17. The maximum atomic E-state index is 10.2. The molecule has 35 heavy (non-hydrogen) atoms. The molecule has 1 saturated heterocycles. The van der Waals surface area contributed by atoms with Crippen LogP contribution >= 0.6 is 0 Å². The van der Waals surface area contributed by atoms with Gasteiger partial charge in [-0.1, -0.05) is 50.3 Å². The van der Waals surface area contributed by atoms with E-state index in [1.807, 2.05) is 0 Å². The van der Waals surface area contributed by atoms with Crippen molar-refractivity contribution in [3.63, 3.8) is 0 Å². The van der Waals surface area contributed by atoms with Gasteiger partial charge in [0.15, 0.2) is 6.29 Å². The van der Waals surface area contributed by atoms with E-state index in [-0.39, 0.29) is 11.9 Å². The second-order valence-electron chi connectivity index (χ2n) is 12.5. The van der Waals surface area contributed by atoms with Gasteiger partial charge < -0.3 is 19.7 Å². The molecule has 0 bridgehead atoms. The third kappa shape index (κ3) is 5.56. The SMILES string of the molecule is C=C1/C(=C\C=C2/CCC[C@]3(C)[C@@H]([C@H](C)/C=C/[C@@H]4CCC(OC)OC4(C)C)CC[C@@H]23)C[C@@H](O)C[C@@H]1O. The minimum Gasteiger partial charge on any atom is -0.393 e. The largest absolute Gasteiger partial charge is 0.393 e. The average Bonchev–Trinajstić information content (AvgIpc) is 3.16. The Morgan fingerprint density at radius 3 is 2.60 bits per heavy atom. The van der Waals surface area contributed by atoms with Gasteiger partial charge in [0, 0.05) is 19.4 Å². The fraction of sp³-hybridized carbons (Fsp3) is 0.742. The highest BCUT2D eigenvalue weighted by Gasteiger charge is 2.50. The second kappa shape index (κ2) is 10.7. The third-order valence-corrected chi connectivity index (χ3v) is 9.89. The summed E-state index contributed by atoms with van der Waals surface area (Å²) in [6.45, 7) is 13.4. The molecule has 4 heteroatoms. The molecule has 8 atom stereocenters. The van der Waals surface area contributed by atoms with E-state index in [0.717, 1.165) is 30.4 Å². The van der Waals surface area contributed by atoms with Crippen LogP contribution in [0.3, 0.4) is 0 Å². The summed E-state index contributed by atoms with van der Waals surface area (Å²) in [5, 5.41) is 20.3. The first kappa shape index (κ1) is 26.9. The van der Waals surface area contributed by atoms with Crippen LogP contribution in [0.15, 0.2) is 47.6 Å². The van der Waals surface area contributed by atoms with E-state index < -0.39 is 12.2 Å². The smallest absolute Gasteiger partial charge is 0.157 e. The Hall–Kier alpha value is -1.20. The molecule has 4 rings (SSSR count). The molecule has 0 radical (unpaired) electrons. The molecule has 2 N–H and O–H groups in total. The summed E-state index contributed by atoms with van der Waals surface area (Å²) in [5.41, 5.74) is 3.47. The Morgan fingerprint density at radius 2 is 1.89 bits per heavy atom. The first-order valence-corrected chi connectivity index (χ1v) is 13.9. The van der Waals surface area contributed by atoms with Gasteiger partial charge in [-0.05, 0) is 99.5 Å². The zero-order valence-corrected chi connectivity index (χ0v) is 22.6. The normalized spacial score (nSPS) is 43.1.